The highest BCUT2D eigenvalue weighted by Crippen LogP contribution is 1.98. The van der Waals surface area contributed by atoms with Gasteiger partial charge in [-0.1, -0.05) is 0 Å². The third-order valence-corrected chi connectivity index (χ3v) is 2.45. The number of amides is 1. The number of nitrogens with zero attached hydrogens (tertiary/aromatic N) is 1. The van der Waals surface area contributed by atoms with Gasteiger partial charge in [-0.05, 0) is 19.9 Å². The highest BCUT2D eigenvalue weighted by Gasteiger charge is 2.08. The fourth-order valence-electron chi connectivity index (χ4n) is 1.55. The molecule has 0 saturated heterocycles. The quantitative estimate of drug-likeness (QED) is 0.763. The molecule has 0 saturated carbocycles. The van der Waals surface area contributed by atoms with Gasteiger partial charge in [-0.2, -0.15) is 0 Å². The van der Waals surface area contributed by atoms with Crippen molar-refractivity contribution in [2.45, 2.75) is 26.8 Å². The number of hydrogen-bond acceptors (Lipinski definition) is 4. The van der Waals surface area contributed by atoms with E-state index in [1.165, 1.54) is 22.9 Å². The summed E-state index contributed by atoms with van der Waals surface area (Å²) in [6, 6.07) is 2.78. The number of nitrogens with one attached hydrogen (secondary N) is 1. The first-order chi connectivity index (χ1) is 9.08. The first-order valence-electron chi connectivity index (χ1n) is 6.22. The monoisotopic (exact) mass is 266 g/mol. The summed E-state index contributed by atoms with van der Waals surface area (Å²) in [6.45, 7) is 4.56. The summed E-state index contributed by atoms with van der Waals surface area (Å²) in [6.07, 6.45) is 1.55. The maximum atomic E-state index is 11.6. The summed E-state index contributed by atoms with van der Waals surface area (Å²) in [4.78, 5) is 34.5. The molecule has 1 rings (SSSR count). The number of rotatable bonds is 6. The second kappa shape index (κ2) is 7.35. The number of ether oxygens (including phenoxy) is 1. The van der Waals surface area contributed by atoms with Gasteiger partial charge in [0.25, 0.3) is 11.5 Å². The summed E-state index contributed by atoms with van der Waals surface area (Å²) in [7, 11) is 0. The Kier molecular flexibility index (Phi) is 5.78. The Morgan fingerprint density at radius 2 is 2.05 bits per heavy atom. The Morgan fingerprint density at radius 1 is 1.32 bits per heavy atom. The average molecular weight is 266 g/mol. The Labute approximate surface area is 111 Å². The molecule has 0 unspecified atom stereocenters. The molecule has 1 aromatic heterocycles. The predicted octanol–water partition coefficient (Wildman–Crippen LogP) is 0.551. The van der Waals surface area contributed by atoms with Crippen LogP contribution < -0.4 is 10.9 Å². The second-order valence-corrected chi connectivity index (χ2v) is 3.86. The molecule has 19 heavy (non-hydrogen) atoms. The van der Waals surface area contributed by atoms with Gasteiger partial charge in [0.1, 0.15) is 0 Å². The van der Waals surface area contributed by atoms with E-state index in [9.17, 15) is 14.4 Å². The van der Waals surface area contributed by atoms with Crippen LogP contribution in [0.3, 0.4) is 0 Å². The lowest BCUT2D eigenvalue weighted by molar-refractivity contribution is -0.143. The number of hydrogen-bond donors (Lipinski definition) is 1. The van der Waals surface area contributed by atoms with Gasteiger partial charge in [0.2, 0.25) is 0 Å². The maximum Gasteiger partial charge on any atom is 0.307 e. The van der Waals surface area contributed by atoms with E-state index in [2.05, 4.69) is 5.32 Å². The van der Waals surface area contributed by atoms with E-state index in [-0.39, 0.29) is 30.4 Å². The molecule has 0 aliphatic rings. The van der Waals surface area contributed by atoms with Gasteiger partial charge in [-0.15, -0.1) is 0 Å². The largest absolute Gasteiger partial charge is 0.466 e. The van der Waals surface area contributed by atoms with Crippen molar-refractivity contribution in [3.63, 3.8) is 0 Å². The number of aryl methyl sites for hydroxylation is 1. The van der Waals surface area contributed by atoms with Crippen molar-refractivity contribution in [2.24, 2.45) is 0 Å². The molecule has 0 fully saturated rings. The molecule has 1 heterocycles. The standard InChI is InChI=1S/C13H18N2O4/c1-3-14-13(18)10-5-6-11(16)15(9-10)8-7-12(17)19-4-2/h5-6,9H,3-4,7-8H2,1-2H3,(H,14,18). The topological polar surface area (TPSA) is 77.4 Å². The van der Waals surface area contributed by atoms with Crippen LogP contribution in [0.5, 0.6) is 0 Å². The Hall–Kier alpha value is -2.11. The van der Waals surface area contributed by atoms with E-state index in [1.54, 1.807) is 6.92 Å². The minimum Gasteiger partial charge on any atom is -0.466 e. The Bertz CT molecular complexity index is 508. The lowest BCUT2D eigenvalue weighted by Crippen LogP contribution is -2.27. The second-order valence-electron chi connectivity index (χ2n) is 3.86. The third kappa shape index (κ3) is 4.57. The molecule has 0 atom stereocenters. The van der Waals surface area contributed by atoms with Gasteiger partial charge < -0.3 is 14.6 Å². The normalized spacial score (nSPS) is 10.0. The predicted molar refractivity (Wildman–Crippen MR) is 70.0 cm³/mol. The van der Waals surface area contributed by atoms with Crippen LogP contribution in [0.2, 0.25) is 0 Å². The van der Waals surface area contributed by atoms with Crippen LogP contribution in [0, 0.1) is 0 Å². The first kappa shape index (κ1) is 14.9. The zero-order valence-electron chi connectivity index (χ0n) is 11.1. The first-order valence-corrected chi connectivity index (χ1v) is 6.22. The minimum absolute atomic E-state index is 0.104. The van der Waals surface area contributed by atoms with Crippen LogP contribution in [0.1, 0.15) is 30.6 Å². The molecule has 6 nitrogen and oxygen atoms in total. The van der Waals surface area contributed by atoms with Crippen molar-refractivity contribution in [3.8, 4) is 0 Å². The fraction of sp³-hybridized carbons (Fsp3) is 0.462. The van der Waals surface area contributed by atoms with Crippen molar-refractivity contribution in [1.82, 2.24) is 9.88 Å². The summed E-state index contributed by atoms with van der Waals surface area (Å²) >= 11 is 0. The molecule has 0 radical (unpaired) electrons. The molecule has 1 amide bonds. The Morgan fingerprint density at radius 3 is 2.68 bits per heavy atom. The van der Waals surface area contributed by atoms with Crippen LogP contribution in [0.15, 0.2) is 23.1 Å². The molecule has 0 bridgehead atoms. The highest BCUT2D eigenvalue weighted by atomic mass is 16.5. The smallest absolute Gasteiger partial charge is 0.307 e. The third-order valence-electron chi connectivity index (χ3n) is 2.45. The van der Waals surface area contributed by atoms with Gasteiger partial charge in [0.15, 0.2) is 0 Å². The minimum atomic E-state index is -0.363. The lowest BCUT2D eigenvalue weighted by Gasteiger charge is -2.08. The summed E-state index contributed by atoms with van der Waals surface area (Å²) < 4.78 is 6.12. The molecule has 104 valence electrons. The van der Waals surface area contributed by atoms with Crippen molar-refractivity contribution < 1.29 is 14.3 Å². The zero-order valence-corrected chi connectivity index (χ0v) is 11.1. The van der Waals surface area contributed by atoms with Gasteiger partial charge in [0, 0.05) is 25.4 Å². The van der Waals surface area contributed by atoms with Gasteiger partial charge in [-0.3, -0.25) is 14.4 Å². The zero-order chi connectivity index (χ0) is 14.3. The maximum absolute atomic E-state index is 11.6. The Balaban J connectivity index is 2.77. The van der Waals surface area contributed by atoms with E-state index in [1.807, 2.05) is 6.92 Å². The average Bonchev–Trinajstić information content (AvgIpc) is 2.38. The van der Waals surface area contributed by atoms with E-state index >= 15 is 0 Å². The van der Waals surface area contributed by atoms with Gasteiger partial charge >= 0.3 is 5.97 Å². The van der Waals surface area contributed by atoms with Crippen molar-refractivity contribution in [3.05, 3.63) is 34.2 Å². The van der Waals surface area contributed by atoms with E-state index in [0.717, 1.165) is 0 Å². The fourth-order valence-corrected chi connectivity index (χ4v) is 1.55. The number of esters is 1. The van der Waals surface area contributed by atoms with E-state index < -0.39 is 0 Å². The number of carbonyl (C=O) groups excluding carboxylic acids is 2. The molecule has 1 N–H and O–H groups in total. The van der Waals surface area contributed by atoms with Gasteiger partial charge in [-0.25, -0.2) is 0 Å². The van der Waals surface area contributed by atoms with Crippen molar-refractivity contribution in [2.75, 3.05) is 13.2 Å². The van der Waals surface area contributed by atoms with E-state index in [4.69, 9.17) is 4.74 Å². The van der Waals surface area contributed by atoms with Crippen LogP contribution in [-0.4, -0.2) is 29.6 Å². The summed E-state index contributed by atoms with van der Waals surface area (Å²) in [5.74, 6) is -0.606. The molecule has 0 aromatic carbocycles. The number of carbonyl (C=O) groups is 2. The van der Waals surface area contributed by atoms with Crippen LogP contribution in [0.4, 0.5) is 0 Å². The number of pyridine rings is 1. The lowest BCUT2D eigenvalue weighted by atomic mass is 10.2. The molecular formula is C13H18N2O4. The van der Waals surface area contributed by atoms with Crippen molar-refractivity contribution >= 4 is 11.9 Å². The van der Waals surface area contributed by atoms with Crippen molar-refractivity contribution in [1.29, 1.82) is 0 Å². The molecular weight excluding hydrogens is 248 g/mol. The SMILES string of the molecule is CCNC(=O)c1ccc(=O)n(CCC(=O)OCC)c1. The highest BCUT2D eigenvalue weighted by molar-refractivity contribution is 5.93. The molecule has 0 aliphatic carbocycles. The molecule has 1 aromatic rings. The summed E-state index contributed by atoms with van der Waals surface area (Å²) in [5, 5.41) is 2.65. The van der Waals surface area contributed by atoms with Gasteiger partial charge in [0.05, 0.1) is 18.6 Å². The van der Waals surface area contributed by atoms with Crippen LogP contribution in [0.25, 0.3) is 0 Å². The van der Waals surface area contributed by atoms with E-state index in [0.29, 0.717) is 18.7 Å². The number of aromatic nitrogens is 1. The summed E-state index contributed by atoms with van der Waals surface area (Å²) in [5.41, 5.74) is 0.141. The molecule has 6 heteroatoms. The molecule has 0 spiro atoms. The van der Waals surface area contributed by atoms with Crippen LogP contribution >= 0.6 is 0 Å². The molecule has 0 aliphatic heterocycles. The van der Waals surface area contributed by atoms with Crippen LogP contribution in [-0.2, 0) is 16.1 Å².